The van der Waals surface area contributed by atoms with Gasteiger partial charge in [0.25, 0.3) is 0 Å². The molecule has 0 atom stereocenters. The van der Waals surface area contributed by atoms with Gasteiger partial charge >= 0.3 is 67.7 Å². The standard InChI is InChI=1S/2Na.H3O3P.5H2O.2H/c;;1-4(2)3;;;;;;;/h;;1-3H;5*1H2;;/q2*+1;;;;;;;2*-1. The first-order valence-corrected chi connectivity index (χ1v) is 1.80. The zero-order chi connectivity index (χ0) is 3.58. The second-order valence-electron chi connectivity index (χ2n) is 0.268. The van der Waals surface area contributed by atoms with Crippen molar-refractivity contribution in [3.63, 3.8) is 0 Å². The third-order valence-corrected chi connectivity index (χ3v) is 0. The van der Waals surface area contributed by atoms with Crippen molar-refractivity contribution in [2.75, 3.05) is 0 Å². The molecule has 11 heavy (non-hydrogen) atoms. The average molecular weight is 220 g/mol. The Morgan fingerprint density at radius 1 is 0.636 bits per heavy atom. The Hall–Kier alpha value is 2.11. The normalized spacial score (nSPS) is 3.27. The van der Waals surface area contributed by atoms with E-state index in [1.54, 1.807) is 0 Å². The van der Waals surface area contributed by atoms with Gasteiger partial charge in [-0.05, 0) is 0 Å². The van der Waals surface area contributed by atoms with Crippen LogP contribution >= 0.6 is 8.60 Å². The van der Waals surface area contributed by atoms with Crippen LogP contribution in [0.1, 0.15) is 2.85 Å². The summed E-state index contributed by atoms with van der Waals surface area (Å²) in [6.07, 6.45) is 0. The molecular formula is H15Na2O8P. The molecule has 0 aromatic carbocycles. The third kappa shape index (κ3) is 278. The molecule has 0 spiro atoms. The van der Waals surface area contributed by atoms with Crippen LogP contribution in [-0.2, 0) is 0 Å². The SMILES string of the molecule is O.O.O.O.O.OP(O)O.[H-].[H-].[Na+].[Na+]. The molecule has 11 heteroatoms. The van der Waals surface area contributed by atoms with E-state index in [4.69, 9.17) is 14.7 Å². The third-order valence-electron chi connectivity index (χ3n) is 0. The largest absolute Gasteiger partial charge is 1.00 e. The van der Waals surface area contributed by atoms with Gasteiger partial charge in [-0.1, -0.05) is 0 Å². The van der Waals surface area contributed by atoms with Crippen LogP contribution in [0.15, 0.2) is 0 Å². The van der Waals surface area contributed by atoms with Gasteiger partial charge in [-0.25, -0.2) is 0 Å². The zero-order valence-corrected chi connectivity index (χ0v) is 11.2. The minimum Gasteiger partial charge on any atom is -1.00 e. The van der Waals surface area contributed by atoms with Crippen molar-refractivity contribution in [3.8, 4) is 0 Å². The molecule has 0 fully saturated rings. The van der Waals surface area contributed by atoms with E-state index in [0.29, 0.717) is 0 Å². The van der Waals surface area contributed by atoms with Gasteiger partial charge in [-0.2, -0.15) is 0 Å². The minimum atomic E-state index is -2.62. The molecule has 0 rings (SSSR count). The van der Waals surface area contributed by atoms with Crippen LogP contribution < -0.4 is 59.1 Å². The van der Waals surface area contributed by atoms with Crippen LogP contribution in [0.2, 0.25) is 0 Å². The van der Waals surface area contributed by atoms with Crippen LogP contribution in [0.25, 0.3) is 0 Å². The molecule has 0 aliphatic rings. The molecule has 0 unspecified atom stereocenters. The summed E-state index contributed by atoms with van der Waals surface area (Å²) in [7, 11) is -2.62. The Morgan fingerprint density at radius 2 is 0.636 bits per heavy atom. The molecular weight excluding hydrogens is 205 g/mol. The van der Waals surface area contributed by atoms with Gasteiger partial charge in [0.1, 0.15) is 0 Å². The molecule has 0 saturated carbocycles. The smallest absolute Gasteiger partial charge is 1.00 e. The molecule has 0 aliphatic carbocycles. The number of hydrogen-bond acceptors (Lipinski definition) is 3. The van der Waals surface area contributed by atoms with Crippen molar-refractivity contribution in [1.29, 1.82) is 0 Å². The summed E-state index contributed by atoms with van der Waals surface area (Å²) in [5.74, 6) is 0. The summed E-state index contributed by atoms with van der Waals surface area (Å²) >= 11 is 0. The zero-order valence-electron chi connectivity index (χ0n) is 8.29. The molecule has 0 radical (unpaired) electrons. The van der Waals surface area contributed by atoms with Crippen LogP contribution in [0.4, 0.5) is 0 Å². The molecule has 13 N–H and O–H groups in total. The molecule has 0 aromatic rings. The van der Waals surface area contributed by atoms with Crippen LogP contribution in [0.5, 0.6) is 0 Å². The molecule has 70 valence electrons. The predicted octanol–water partition coefficient (Wildman–Crippen LogP) is -10.7. The van der Waals surface area contributed by atoms with Gasteiger partial charge < -0.3 is 44.9 Å². The molecule has 0 aromatic heterocycles. The Morgan fingerprint density at radius 3 is 0.636 bits per heavy atom. The van der Waals surface area contributed by atoms with E-state index in [2.05, 4.69) is 0 Å². The van der Waals surface area contributed by atoms with E-state index < -0.39 is 8.60 Å². The molecule has 0 bridgehead atoms. The maximum absolute atomic E-state index is 7.23. The molecule has 8 nitrogen and oxygen atoms in total. The fraction of sp³-hybridized carbons (Fsp3) is 0. The van der Waals surface area contributed by atoms with E-state index in [1.807, 2.05) is 0 Å². The van der Waals surface area contributed by atoms with Crippen molar-refractivity contribution in [2.24, 2.45) is 0 Å². The molecule has 0 saturated heterocycles. The Labute approximate surface area is 112 Å². The van der Waals surface area contributed by atoms with Gasteiger partial charge in [0.2, 0.25) is 0 Å². The summed E-state index contributed by atoms with van der Waals surface area (Å²) in [6, 6.07) is 0. The first-order chi connectivity index (χ1) is 1.73. The van der Waals surface area contributed by atoms with E-state index in [0.717, 1.165) is 0 Å². The van der Waals surface area contributed by atoms with Gasteiger partial charge in [-0.3, -0.25) is 0 Å². The molecule has 0 aliphatic heterocycles. The van der Waals surface area contributed by atoms with Crippen LogP contribution in [0.3, 0.4) is 0 Å². The minimum absolute atomic E-state index is 0. The Bertz CT molecular complexity index is 24.9. The van der Waals surface area contributed by atoms with Crippen molar-refractivity contribution < 1.29 is 104 Å². The Balaban J connectivity index is -0.00000000125. The van der Waals surface area contributed by atoms with Crippen LogP contribution in [0, 0.1) is 0 Å². The summed E-state index contributed by atoms with van der Waals surface area (Å²) in [5, 5.41) is 0. The summed E-state index contributed by atoms with van der Waals surface area (Å²) in [5.41, 5.74) is 0. The van der Waals surface area contributed by atoms with Crippen molar-refractivity contribution in [2.45, 2.75) is 0 Å². The molecule has 0 amide bonds. The summed E-state index contributed by atoms with van der Waals surface area (Å²) in [4.78, 5) is 21.7. The average Bonchev–Trinajstić information content (AvgIpc) is 0.811. The fourth-order valence-electron chi connectivity index (χ4n) is 0. The predicted molar refractivity (Wildman–Crippen MR) is 33.9 cm³/mol. The second kappa shape index (κ2) is 57.2. The van der Waals surface area contributed by atoms with Crippen LogP contribution in [-0.4, -0.2) is 42.1 Å². The summed E-state index contributed by atoms with van der Waals surface area (Å²) in [6.45, 7) is 0. The number of rotatable bonds is 0. The van der Waals surface area contributed by atoms with Gasteiger partial charge in [0.15, 0.2) is 0 Å². The Kier molecular flexibility index (Phi) is 383. The fourth-order valence-corrected chi connectivity index (χ4v) is 0. The van der Waals surface area contributed by atoms with Gasteiger partial charge in [-0.15, -0.1) is 0 Å². The second-order valence-corrected chi connectivity index (χ2v) is 0.805. The van der Waals surface area contributed by atoms with E-state index in [9.17, 15) is 0 Å². The van der Waals surface area contributed by atoms with Gasteiger partial charge in [0.05, 0.1) is 0 Å². The van der Waals surface area contributed by atoms with Gasteiger partial charge in [0, 0.05) is 0 Å². The van der Waals surface area contributed by atoms with E-state index in [1.165, 1.54) is 0 Å². The first kappa shape index (κ1) is 73.6. The summed E-state index contributed by atoms with van der Waals surface area (Å²) < 4.78 is 0. The van der Waals surface area contributed by atoms with Crippen molar-refractivity contribution in [1.82, 2.24) is 0 Å². The maximum Gasteiger partial charge on any atom is 1.00 e. The topological polar surface area (TPSA) is 218 Å². The quantitative estimate of drug-likeness (QED) is 0.267. The monoisotopic (exact) mass is 220 g/mol. The molecule has 0 heterocycles. The van der Waals surface area contributed by atoms with Crippen molar-refractivity contribution >= 4 is 8.60 Å². The maximum atomic E-state index is 7.23. The number of hydrogen-bond donors (Lipinski definition) is 3. The van der Waals surface area contributed by atoms with E-state index in [-0.39, 0.29) is 89.3 Å². The van der Waals surface area contributed by atoms with Crippen molar-refractivity contribution in [3.05, 3.63) is 0 Å². The van der Waals surface area contributed by atoms with E-state index >= 15 is 0 Å². The first-order valence-electron chi connectivity index (χ1n) is 0.600.